The topological polar surface area (TPSA) is 75.0 Å². The number of esters is 1. The summed E-state index contributed by atoms with van der Waals surface area (Å²) in [5.41, 5.74) is -0.0405. The minimum absolute atomic E-state index is 0.0177. The lowest BCUT2D eigenvalue weighted by Gasteiger charge is -2.13. The van der Waals surface area contributed by atoms with Crippen LogP contribution in [0.5, 0.6) is 17.2 Å². The smallest absolute Gasteiger partial charge is 0.347 e. The standard InChI is InChI=1S/C20H17ClO6/c1-3-24-20(23)12(2)26-13-8-9-14-17(10-13)25-11-18(19(14)22)27-16-7-5-4-6-15(16)21/h4-12H,3H2,1-2H3/t12-/m0/s1. The predicted molar refractivity (Wildman–Crippen MR) is 101 cm³/mol. The third-order valence-corrected chi connectivity index (χ3v) is 4.01. The zero-order valence-electron chi connectivity index (χ0n) is 14.7. The van der Waals surface area contributed by atoms with Gasteiger partial charge in [0, 0.05) is 6.07 Å². The van der Waals surface area contributed by atoms with Gasteiger partial charge < -0.3 is 18.6 Å². The third-order valence-electron chi connectivity index (χ3n) is 3.70. The third kappa shape index (κ3) is 4.23. The van der Waals surface area contributed by atoms with Crippen molar-refractivity contribution in [3.63, 3.8) is 0 Å². The summed E-state index contributed by atoms with van der Waals surface area (Å²) in [6.07, 6.45) is 0.434. The van der Waals surface area contributed by atoms with E-state index in [9.17, 15) is 9.59 Å². The molecule has 3 rings (SSSR count). The summed E-state index contributed by atoms with van der Waals surface area (Å²) in [5, 5.41) is 0.699. The van der Waals surface area contributed by atoms with Crippen molar-refractivity contribution >= 4 is 28.5 Å². The zero-order valence-corrected chi connectivity index (χ0v) is 15.5. The molecule has 27 heavy (non-hydrogen) atoms. The second-order valence-electron chi connectivity index (χ2n) is 5.63. The summed E-state index contributed by atoms with van der Waals surface area (Å²) in [6.45, 7) is 3.57. The lowest BCUT2D eigenvalue weighted by molar-refractivity contribution is -0.150. The van der Waals surface area contributed by atoms with Crippen LogP contribution < -0.4 is 14.9 Å². The van der Waals surface area contributed by atoms with E-state index in [1.165, 1.54) is 12.3 Å². The molecule has 6 nitrogen and oxygen atoms in total. The first-order valence-electron chi connectivity index (χ1n) is 8.31. The molecular formula is C20H17ClO6. The highest BCUT2D eigenvalue weighted by Crippen LogP contribution is 2.29. The SMILES string of the molecule is CCOC(=O)[C@H](C)Oc1ccc2c(=O)c(Oc3ccccc3Cl)coc2c1. The van der Waals surface area contributed by atoms with Gasteiger partial charge in [0.15, 0.2) is 6.10 Å². The highest BCUT2D eigenvalue weighted by atomic mass is 35.5. The lowest BCUT2D eigenvalue weighted by Crippen LogP contribution is -2.26. The van der Waals surface area contributed by atoms with E-state index in [2.05, 4.69) is 0 Å². The average molecular weight is 389 g/mol. The Morgan fingerprint density at radius 3 is 2.70 bits per heavy atom. The molecule has 0 saturated carbocycles. The van der Waals surface area contributed by atoms with Gasteiger partial charge in [0.25, 0.3) is 0 Å². The number of hydrogen-bond acceptors (Lipinski definition) is 6. The Morgan fingerprint density at radius 2 is 1.96 bits per heavy atom. The van der Waals surface area contributed by atoms with Gasteiger partial charge >= 0.3 is 5.97 Å². The largest absolute Gasteiger partial charge is 0.479 e. The van der Waals surface area contributed by atoms with Gasteiger partial charge in [-0.3, -0.25) is 4.79 Å². The van der Waals surface area contributed by atoms with Crippen molar-refractivity contribution in [2.24, 2.45) is 0 Å². The maximum absolute atomic E-state index is 12.6. The van der Waals surface area contributed by atoms with Crippen molar-refractivity contribution in [3.05, 3.63) is 64.0 Å². The lowest BCUT2D eigenvalue weighted by atomic mass is 10.2. The van der Waals surface area contributed by atoms with Crippen LogP contribution in [0.25, 0.3) is 11.0 Å². The molecule has 2 aromatic carbocycles. The Hall–Kier alpha value is -2.99. The van der Waals surface area contributed by atoms with Crippen LogP contribution in [0.2, 0.25) is 5.02 Å². The summed E-state index contributed by atoms with van der Waals surface area (Å²) in [4.78, 5) is 24.3. The normalized spacial score (nSPS) is 11.8. The second kappa shape index (κ2) is 8.14. The summed E-state index contributed by atoms with van der Waals surface area (Å²) in [7, 11) is 0. The summed E-state index contributed by atoms with van der Waals surface area (Å²) in [6, 6.07) is 11.5. The van der Waals surface area contributed by atoms with Gasteiger partial charge in [0.05, 0.1) is 17.0 Å². The van der Waals surface area contributed by atoms with Crippen molar-refractivity contribution in [1.29, 1.82) is 0 Å². The molecule has 0 N–H and O–H groups in total. The molecule has 0 aliphatic heterocycles. The Kier molecular flexibility index (Phi) is 5.66. The average Bonchev–Trinajstić information content (AvgIpc) is 2.66. The van der Waals surface area contributed by atoms with E-state index in [1.54, 1.807) is 50.2 Å². The quantitative estimate of drug-likeness (QED) is 0.576. The number of hydrogen-bond donors (Lipinski definition) is 0. The molecule has 140 valence electrons. The van der Waals surface area contributed by atoms with E-state index in [1.807, 2.05) is 0 Å². The highest BCUT2D eigenvalue weighted by Gasteiger charge is 2.17. The first kappa shape index (κ1) is 18.8. The van der Waals surface area contributed by atoms with Crippen molar-refractivity contribution in [1.82, 2.24) is 0 Å². The van der Waals surface area contributed by atoms with Gasteiger partial charge in [-0.25, -0.2) is 4.79 Å². The molecule has 1 aromatic heterocycles. The maximum Gasteiger partial charge on any atom is 0.347 e. The van der Waals surface area contributed by atoms with Crippen LogP contribution in [0.4, 0.5) is 0 Å². The molecule has 0 spiro atoms. The molecule has 0 radical (unpaired) electrons. The maximum atomic E-state index is 12.6. The van der Waals surface area contributed by atoms with E-state index in [-0.39, 0.29) is 17.8 Å². The van der Waals surface area contributed by atoms with Crippen LogP contribution in [0.1, 0.15) is 13.8 Å². The van der Waals surface area contributed by atoms with E-state index in [4.69, 9.17) is 30.2 Å². The monoisotopic (exact) mass is 388 g/mol. The molecule has 0 aliphatic carbocycles. The fourth-order valence-corrected chi connectivity index (χ4v) is 2.57. The number of benzene rings is 2. The number of ether oxygens (including phenoxy) is 3. The van der Waals surface area contributed by atoms with Gasteiger partial charge in [-0.05, 0) is 38.1 Å². The molecule has 0 fully saturated rings. The minimum Gasteiger partial charge on any atom is -0.479 e. The van der Waals surface area contributed by atoms with Crippen LogP contribution in [0.3, 0.4) is 0 Å². The van der Waals surface area contributed by atoms with Crippen LogP contribution in [0.15, 0.2) is 57.9 Å². The molecule has 1 heterocycles. The molecule has 0 unspecified atom stereocenters. The molecule has 7 heteroatoms. The molecule has 0 aliphatic rings. The fourth-order valence-electron chi connectivity index (χ4n) is 2.39. The molecule has 3 aromatic rings. The first-order chi connectivity index (χ1) is 13.0. The summed E-state index contributed by atoms with van der Waals surface area (Å²) < 4.78 is 21.5. The Labute approximate surface area is 160 Å². The number of carbonyl (C=O) groups excluding carboxylic acids is 1. The van der Waals surface area contributed by atoms with E-state index < -0.39 is 12.1 Å². The molecule has 0 bridgehead atoms. The second-order valence-corrected chi connectivity index (χ2v) is 6.04. The first-order valence-corrected chi connectivity index (χ1v) is 8.68. The molecular weight excluding hydrogens is 372 g/mol. The number of para-hydroxylation sites is 1. The molecule has 0 amide bonds. The Morgan fingerprint density at radius 1 is 1.19 bits per heavy atom. The Bertz CT molecular complexity index is 1030. The number of fused-ring (bicyclic) bond motifs is 1. The predicted octanol–water partition coefficient (Wildman–Crippen LogP) is 4.57. The summed E-state index contributed by atoms with van der Waals surface area (Å²) in [5.74, 6) is 0.284. The highest BCUT2D eigenvalue weighted by molar-refractivity contribution is 6.32. The van der Waals surface area contributed by atoms with Crippen molar-refractivity contribution < 1.29 is 23.4 Å². The van der Waals surface area contributed by atoms with Crippen molar-refractivity contribution in [2.45, 2.75) is 20.0 Å². The van der Waals surface area contributed by atoms with Crippen molar-refractivity contribution in [2.75, 3.05) is 6.61 Å². The van der Waals surface area contributed by atoms with E-state index in [0.717, 1.165) is 0 Å². The zero-order chi connectivity index (χ0) is 19.4. The summed E-state index contributed by atoms with van der Waals surface area (Å²) >= 11 is 6.05. The van der Waals surface area contributed by atoms with E-state index in [0.29, 0.717) is 27.5 Å². The number of carbonyl (C=O) groups is 1. The Balaban J connectivity index is 1.86. The van der Waals surface area contributed by atoms with Gasteiger partial charge in [0.1, 0.15) is 23.3 Å². The van der Waals surface area contributed by atoms with Crippen LogP contribution in [-0.4, -0.2) is 18.7 Å². The molecule has 1 atom stereocenters. The van der Waals surface area contributed by atoms with Crippen LogP contribution in [-0.2, 0) is 9.53 Å². The van der Waals surface area contributed by atoms with Gasteiger partial charge in [0.2, 0.25) is 11.2 Å². The fraction of sp³-hybridized carbons (Fsp3) is 0.200. The van der Waals surface area contributed by atoms with E-state index >= 15 is 0 Å². The van der Waals surface area contributed by atoms with Crippen LogP contribution in [0, 0.1) is 0 Å². The van der Waals surface area contributed by atoms with Crippen LogP contribution >= 0.6 is 11.6 Å². The van der Waals surface area contributed by atoms with Crippen molar-refractivity contribution in [3.8, 4) is 17.2 Å². The minimum atomic E-state index is -0.781. The number of halogens is 1. The molecule has 0 saturated heterocycles. The number of rotatable bonds is 6. The van der Waals surface area contributed by atoms with Gasteiger partial charge in [-0.15, -0.1) is 0 Å². The van der Waals surface area contributed by atoms with Gasteiger partial charge in [-0.1, -0.05) is 23.7 Å². The van der Waals surface area contributed by atoms with Gasteiger partial charge in [-0.2, -0.15) is 0 Å².